The quantitative estimate of drug-likeness (QED) is 0.681. The molecule has 0 bridgehead atoms. The van der Waals surface area contributed by atoms with Gasteiger partial charge in [0.25, 0.3) is 0 Å². The first-order chi connectivity index (χ1) is 11.1. The van der Waals surface area contributed by atoms with E-state index < -0.39 is 17.7 Å². The van der Waals surface area contributed by atoms with Crippen molar-refractivity contribution in [2.24, 2.45) is 5.10 Å². The molecule has 1 aromatic rings. The summed E-state index contributed by atoms with van der Waals surface area (Å²) >= 11 is 0. The number of hydrazone groups is 1. The van der Waals surface area contributed by atoms with Crippen molar-refractivity contribution >= 4 is 17.5 Å². The van der Waals surface area contributed by atoms with Gasteiger partial charge in [-0.25, -0.2) is 19.0 Å². The molecule has 2 rings (SSSR count). The number of amides is 1. The van der Waals surface area contributed by atoms with Crippen LogP contribution in [0.5, 0.6) is 0 Å². The van der Waals surface area contributed by atoms with E-state index >= 15 is 0 Å². The highest BCUT2D eigenvalue weighted by Gasteiger charge is 2.21. The zero-order chi connectivity index (χ0) is 16.8. The summed E-state index contributed by atoms with van der Waals surface area (Å²) in [4.78, 5) is 12.7. The summed E-state index contributed by atoms with van der Waals surface area (Å²) in [6, 6.07) is 2.43. The van der Waals surface area contributed by atoms with Crippen molar-refractivity contribution in [3.05, 3.63) is 29.3 Å². The Hall–Kier alpha value is -2.22. The number of benzene rings is 1. The minimum atomic E-state index is -0.748. The maximum absolute atomic E-state index is 14.4. The summed E-state index contributed by atoms with van der Waals surface area (Å²) in [5.41, 5.74) is 2.71. The van der Waals surface area contributed by atoms with E-state index in [1.54, 1.807) is 11.8 Å². The van der Waals surface area contributed by atoms with Crippen LogP contribution in [0.25, 0.3) is 0 Å². The van der Waals surface area contributed by atoms with Crippen LogP contribution in [0.3, 0.4) is 0 Å². The van der Waals surface area contributed by atoms with Crippen LogP contribution in [-0.4, -0.2) is 45.2 Å². The predicted octanol–water partition coefficient (Wildman–Crippen LogP) is 2.27. The summed E-state index contributed by atoms with van der Waals surface area (Å²) < 4.78 is 38.3. The van der Waals surface area contributed by atoms with Gasteiger partial charge in [-0.2, -0.15) is 5.10 Å². The average Bonchev–Trinajstić information content (AvgIpc) is 2.55. The Morgan fingerprint density at radius 2 is 1.96 bits per heavy atom. The van der Waals surface area contributed by atoms with Crippen molar-refractivity contribution in [2.45, 2.75) is 13.3 Å². The largest absolute Gasteiger partial charge is 0.452 e. The Morgan fingerprint density at radius 3 is 2.48 bits per heavy atom. The summed E-state index contributed by atoms with van der Waals surface area (Å²) in [6.45, 7) is 3.51. The maximum Gasteiger partial charge on any atom is 0.427 e. The van der Waals surface area contributed by atoms with Gasteiger partial charge in [0.1, 0.15) is 17.3 Å². The molecule has 1 amide bonds. The molecule has 8 heteroatoms. The molecule has 0 aromatic heterocycles. The third-order valence-electron chi connectivity index (χ3n) is 3.48. The highest BCUT2D eigenvalue weighted by atomic mass is 19.1. The van der Waals surface area contributed by atoms with E-state index in [2.05, 4.69) is 15.3 Å². The summed E-state index contributed by atoms with van der Waals surface area (Å²) in [5, 5.41) is 3.83. The number of halogens is 2. The van der Waals surface area contributed by atoms with Crippen LogP contribution in [0.4, 0.5) is 19.3 Å². The van der Waals surface area contributed by atoms with Crippen molar-refractivity contribution < 1.29 is 23.0 Å². The number of hydrogen-bond acceptors (Lipinski definition) is 5. The van der Waals surface area contributed by atoms with Gasteiger partial charge in [-0.15, -0.1) is 0 Å². The molecule has 23 heavy (non-hydrogen) atoms. The lowest BCUT2D eigenvalue weighted by Gasteiger charge is -2.29. The van der Waals surface area contributed by atoms with Gasteiger partial charge in [-0.3, -0.25) is 0 Å². The monoisotopic (exact) mass is 327 g/mol. The van der Waals surface area contributed by atoms with E-state index in [0.717, 1.165) is 0 Å². The standard InChI is InChI=1S/C15H19F2N3O3/c1-3-13(18-19-15(21)22-2)10-8-11(16)14(12(17)9-10)20-4-6-23-7-5-20/h8-9H,3-7H2,1-2H3,(H,19,21)/b18-13-. The minimum Gasteiger partial charge on any atom is -0.452 e. The Kier molecular flexibility index (Phi) is 5.86. The summed E-state index contributed by atoms with van der Waals surface area (Å²) in [7, 11) is 1.20. The lowest BCUT2D eigenvalue weighted by atomic mass is 10.1. The van der Waals surface area contributed by atoms with E-state index in [0.29, 0.717) is 38.4 Å². The number of carbonyl (C=O) groups excluding carboxylic acids is 1. The number of anilines is 1. The van der Waals surface area contributed by atoms with Crippen molar-refractivity contribution in [1.82, 2.24) is 5.43 Å². The number of ether oxygens (including phenoxy) is 2. The van der Waals surface area contributed by atoms with Gasteiger partial charge >= 0.3 is 6.09 Å². The fourth-order valence-corrected chi connectivity index (χ4v) is 2.33. The summed E-state index contributed by atoms with van der Waals surface area (Å²) in [5.74, 6) is -1.33. The molecule has 0 saturated carbocycles. The van der Waals surface area contributed by atoms with Crippen LogP contribution in [0.15, 0.2) is 17.2 Å². The van der Waals surface area contributed by atoms with Crippen molar-refractivity contribution in [1.29, 1.82) is 0 Å². The zero-order valence-electron chi connectivity index (χ0n) is 13.1. The fraction of sp³-hybridized carbons (Fsp3) is 0.467. The van der Waals surface area contributed by atoms with Crippen LogP contribution in [0.1, 0.15) is 18.9 Å². The van der Waals surface area contributed by atoms with Crippen LogP contribution in [-0.2, 0) is 9.47 Å². The van der Waals surface area contributed by atoms with E-state index in [4.69, 9.17) is 4.74 Å². The lowest BCUT2D eigenvalue weighted by molar-refractivity contribution is 0.122. The number of nitrogens with one attached hydrogen (secondary N) is 1. The van der Waals surface area contributed by atoms with Crippen LogP contribution < -0.4 is 10.3 Å². The number of carbonyl (C=O) groups is 1. The van der Waals surface area contributed by atoms with Crippen LogP contribution >= 0.6 is 0 Å². The lowest BCUT2D eigenvalue weighted by Crippen LogP contribution is -2.37. The molecule has 1 aliphatic heterocycles. The normalized spacial score (nSPS) is 15.5. The predicted molar refractivity (Wildman–Crippen MR) is 81.8 cm³/mol. The third kappa shape index (κ3) is 4.16. The van der Waals surface area contributed by atoms with E-state index in [1.165, 1.54) is 19.2 Å². The number of morpholine rings is 1. The van der Waals surface area contributed by atoms with Gasteiger partial charge in [0.15, 0.2) is 0 Å². The Morgan fingerprint density at radius 1 is 1.35 bits per heavy atom. The average molecular weight is 327 g/mol. The molecule has 0 spiro atoms. The van der Waals surface area contributed by atoms with E-state index in [9.17, 15) is 13.6 Å². The molecule has 126 valence electrons. The molecule has 6 nitrogen and oxygen atoms in total. The van der Waals surface area contributed by atoms with Crippen molar-refractivity contribution in [2.75, 3.05) is 38.3 Å². The molecule has 1 aromatic carbocycles. The molecular formula is C15H19F2N3O3. The number of nitrogens with zero attached hydrogens (tertiary/aromatic N) is 2. The molecule has 0 unspecified atom stereocenters. The molecule has 1 aliphatic rings. The first-order valence-electron chi connectivity index (χ1n) is 7.29. The van der Waals surface area contributed by atoms with Gasteiger partial charge in [0, 0.05) is 18.7 Å². The van der Waals surface area contributed by atoms with E-state index in [1.807, 2.05) is 0 Å². The smallest absolute Gasteiger partial charge is 0.427 e. The number of hydrogen-bond donors (Lipinski definition) is 1. The second-order valence-corrected chi connectivity index (χ2v) is 4.90. The topological polar surface area (TPSA) is 63.2 Å². The van der Waals surface area contributed by atoms with Gasteiger partial charge in [0.05, 0.1) is 26.0 Å². The molecule has 1 fully saturated rings. The molecule has 1 heterocycles. The molecule has 1 N–H and O–H groups in total. The number of methoxy groups -OCH3 is 1. The first kappa shape index (κ1) is 17.1. The SMILES string of the molecule is CC/C(=N/NC(=O)OC)c1cc(F)c(N2CCOCC2)c(F)c1. The van der Waals surface area contributed by atoms with E-state index in [-0.39, 0.29) is 11.3 Å². The zero-order valence-corrected chi connectivity index (χ0v) is 13.1. The molecule has 0 atom stereocenters. The van der Waals surface area contributed by atoms with Crippen LogP contribution in [0.2, 0.25) is 0 Å². The molecular weight excluding hydrogens is 308 g/mol. The molecule has 0 radical (unpaired) electrons. The van der Waals surface area contributed by atoms with Crippen molar-refractivity contribution in [3.63, 3.8) is 0 Å². The molecule has 0 aliphatic carbocycles. The highest BCUT2D eigenvalue weighted by molar-refractivity contribution is 6.01. The Bertz CT molecular complexity index is 579. The minimum absolute atomic E-state index is 0.0616. The molecule has 1 saturated heterocycles. The second-order valence-electron chi connectivity index (χ2n) is 4.90. The van der Waals surface area contributed by atoms with Gasteiger partial charge in [-0.05, 0) is 18.6 Å². The van der Waals surface area contributed by atoms with Crippen LogP contribution in [0, 0.1) is 11.6 Å². The first-order valence-corrected chi connectivity index (χ1v) is 7.29. The fourth-order valence-electron chi connectivity index (χ4n) is 2.33. The second kappa shape index (κ2) is 7.87. The van der Waals surface area contributed by atoms with Gasteiger partial charge in [-0.1, -0.05) is 6.92 Å². The highest BCUT2D eigenvalue weighted by Crippen LogP contribution is 2.26. The number of rotatable bonds is 4. The summed E-state index contributed by atoms with van der Waals surface area (Å²) in [6.07, 6.45) is -0.360. The Labute approximate surface area is 133 Å². The maximum atomic E-state index is 14.4. The Balaban J connectivity index is 2.28. The van der Waals surface area contributed by atoms with Crippen molar-refractivity contribution in [3.8, 4) is 0 Å². The van der Waals surface area contributed by atoms with Gasteiger partial charge in [0.2, 0.25) is 0 Å². The van der Waals surface area contributed by atoms with Gasteiger partial charge < -0.3 is 14.4 Å². The third-order valence-corrected chi connectivity index (χ3v) is 3.48.